The molecule has 1 rings (SSSR count). The molecule has 1 heterocycles. The van der Waals surface area contributed by atoms with Crippen molar-refractivity contribution >= 4 is 18.8 Å². The summed E-state index contributed by atoms with van der Waals surface area (Å²) < 4.78 is 11.1. The van der Waals surface area contributed by atoms with Crippen LogP contribution >= 0.6 is 0 Å². The molecular formula is C36H74O3Sn. The Bertz CT molecular complexity index is 532. The summed E-state index contributed by atoms with van der Waals surface area (Å²) in [5.74, 6) is -1.65. The van der Waals surface area contributed by atoms with Crippen LogP contribution in [0.3, 0.4) is 0 Å². The van der Waals surface area contributed by atoms with Crippen molar-refractivity contribution in [2.75, 3.05) is 0 Å². The Balaban J connectivity index is 2.98. The minimum atomic E-state index is -2.98. The first-order valence-electron chi connectivity index (χ1n) is 18.6. The van der Waals surface area contributed by atoms with Crippen molar-refractivity contribution in [3.05, 3.63) is 0 Å². The van der Waals surface area contributed by atoms with Crippen LogP contribution in [0.1, 0.15) is 201 Å². The first-order chi connectivity index (χ1) is 19.4. The van der Waals surface area contributed by atoms with E-state index in [1.807, 2.05) is 0 Å². The zero-order chi connectivity index (χ0) is 29.4. The van der Waals surface area contributed by atoms with Gasteiger partial charge in [0, 0.05) is 0 Å². The molecule has 2 N–H and O–H groups in total. The van der Waals surface area contributed by atoms with Gasteiger partial charge in [-0.3, -0.25) is 0 Å². The van der Waals surface area contributed by atoms with Crippen molar-refractivity contribution in [1.82, 2.24) is 0 Å². The van der Waals surface area contributed by atoms with Gasteiger partial charge in [-0.1, -0.05) is 0 Å². The summed E-state index contributed by atoms with van der Waals surface area (Å²) in [4.78, 5) is 0. The molecule has 0 aliphatic carbocycles. The van der Waals surface area contributed by atoms with Gasteiger partial charge in [0.2, 0.25) is 0 Å². The van der Waals surface area contributed by atoms with Crippen molar-refractivity contribution in [1.29, 1.82) is 0 Å². The fourth-order valence-electron chi connectivity index (χ4n) is 7.12. The van der Waals surface area contributed by atoms with E-state index in [0.29, 0.717) is 6.42 Å². The van der Waals surface area contributed by atoms with Gasteiger partial charge in [-0.15, -0.1) is 0 Å². The Hall–Kier alpha value is 0.679. The molecular weight excluding hydrogens is 599 g/mol. The van der Waals surface area contributed by atoms with E-state index in [1.165, 1.54) is 150 Å². The van der Waals surface area contributed by atoms with Gasteiger partial charge in [-0.25, -0.2) is 0 Å². The monoisotopic (exact) mass is 674 g/mol. The molecule has 40 heavy (non-hydrogen) atoms. The van der Waals surface area contributed by atoms with Crippen LogP contribution in [0.25, 0.3) is 0 Å². The summed E-state index contributed by atoms with van der Waals surface area (Å²) >= 11 is -2.98. The Morgan fingerprint density at radius 2 is 0.800 bits per heavy atom. The van der Waals surface area contributed by atoms with E-state index in [9.17, 15) is 10.2 Å². The summed E-state index contributed by atoms with van der Waals surface area (Å²) in [6.45, 7) is 9.14. The maximum atomic E-state index is 11.6. The van der Waals surface area contributed by atoms with Gasteiger partial charge in [0.25, 0.3) is 0 Å². The molecule has 0 aromatic rings. The Morgan fingerprint density at radius 1 is 0.475 bits per heavy atom. The number of aliphatic hydroxyl groups is 2. The second-order valence-corrected chi connectivity index (χ2v) is 25.3. The second kappa shape index (κ2) is 24.1. The molecule has 0 saturated carbocycles. The van der Waals surface area contributed by atoms with E-state index in [-0.39, 0.29) is 0 Å². The van der Waals surface area contributed by atoms with Gasteiger partial charge in [0.15, 0.2) is 0 Å². The molecule has 0 unspecified atom stereocenters. The Kier molecular flexibility index (Phi) is 23.3. The molecule has 0 radical (unpaired) electrons. The molecule has 240 valence electrons. The predicted octanol–water partition coefficient (Wildman–Crippen LogP) is 12.0. The van der Waals surface area contributed by atoms with Gasteiger partial charge < -0.3 is 0 Å². The van der Waals surface area contributed by atoms with Crippen LogP contribution in [0.15, 0.2) is 0 Å². The predicted molar refractivity (Wildman–Crippen MR) is 179 cm³/mol. The fraction of sp³-hybridized carbons (Fsp3) is 1.00. The number of hydrogen-bond acceptors (Lipinski definition) is 3. The molecule has 4 heteroatoms. The summed E-state index contributed by atoms with van der Waals surface area (Å²) in [6.07, 6.45) is 33.3. The number of hydrogen-bond donors (Lipinski definition) is 2. The summed E-state index contributed by atoms with van der Waals surface area (Å²) in [5, 5.41) is 23.2. The molecule has 3 nitrogen and oxygen atoms in total. The summed E-state index contributed by atoms with van der Waals surface area (Å²) in [5.41, 5.74) is -0.707. The first kappa shape index (κ1) is 38.7. The summed E-state index contributed by atoms with van der Waals surface area (Å²) in [6, 6.07) is 0. The second-order valence-electron chi connectivity index (χ2n) is 13.7. The van der Waals surface area contributed by atoms with Gasteiger partial charge in [-0.2, -0.15) is 0 Å². The maximum absolute atomic E-state index is 11.6. The molecule has 0 aromatic heterocycles. The van der Waals surface area contributed by atoms with E-state index in [1.54, 1.807) is 0 Å². The molecule has 0 aromatic carbocycles. The number of rotatable bonds is 28. The molecule has 0 bridgehead atoms. The van der Waals surface area contributed by atoms with Crippen LogP contribution in [0.4, 0.5) is 0 Å². The molecule has 1 aliphatic heterocycles. The third-order valence-corrected chi connectivity index (χ3v) is 22.8. The van der Waals surface area contributed by atoms with E-state index in [0.717, 1.165) is 30.1 Å². The van der Waals surface area contributed by atoms with Gasteiger partial charge in [0.1, 0.15) is 0 Å². The van der Waals surface area contributed by atoms with Crippen molar-refractivity contribution in [2.45, 2.75) is 226 Å². The van der Waals surface area contributed by atoms with Gasteiger partial charge in [0.05, 0.1) is 0 Å². The Labute approximate surface area is 256 Å². The van der Waals surface area contributed by atoms with Gasteiger partial charge in [-0.05, 0) is 0 Å². The SMILES string of the molecule is CCCCCCCCC1(CCCCCCCC)[O][Sn]([CH2]CCCCCCC)([CH2]CCCCCCC)[CH2]CC1(O)O. The van der Waals surface area contributed by atoms with Crippen LogP contribution in [-0.4, -0.2) is 40.4 Å². The molecule has 0 atom stereocenters. The average molecular weight is 674 g/mol. The molecule has 0 spiro atoms. The van der Waals surface area contributed by atoms with E-state index in [4.69, 9.17) is 3.07 Å². The fourth-order valence-corrected chi connectivity index (χ4v) is 20.9. The van der Waals surface area contributed by atoms with Crippen LogP contribution in [0, 0.1) is 0 Å². The van der Waals surface area contributed by atoms with E-state index < -0.39 is 30.2 Å². The Morgan fingerprint density at radius 3 is 1.18 bits per heavy atom. The molecule has 1 saturated heterocycles. The zero-order valence-electron chi connectivity index (χ0n) is 28.0. The van der Waals surface area contributed by atoms with Crippen LogP contribution in [0.5, 0.6) is 0 Å². The number of unbranched alkanes of at least 4 members (excludes halogenated alkanes) is 20. The molecule has 1 fully saturated rings. The normalized spacial score (nSPS) is 17.9. The van der Waals surface area contributed by atoms with Crippen molar-refractivity contribution < 1.29 is 13.3 Å². The minimum absolute atomic E-state index is 0.570. The summed E-state index contributed by atoms with van der Waals surface area (Å²) in [7, 11) is 0. The van der Waals surface area contributed by atoms with Crippen LogP contribution < -0.4 is 0 Å². The van der Waals surface area contributed by atoms with Crippen LogP contribution in [-0.2, 0) is 3.07 Å². The quantitative estimate of drug-likeness (QED) is 0.0494. The zero-order valence-corrected chi connectivity index (χ0v) is 30.9. The van der Waals surface area contributed by atoms with E-state index >= 15 is 0 Å². The third-order valence-electron chi connectivity index (χ3n) is 9.91. The van der Waals surface area contributed by atoms with Crippen LogP contribution in [0.2, 0.25) is 13.3 Å². The van der Waals surface area contributed by atoms with Crippen molar-refractivity contribution in [2.24, 2.45) is 0 Å². The third kappa shape index (κ3) is 15.9. The molecule has 0 amide bonds. The van der Waals surface area contributed by atoms with Crippen molar-refractivity contribution in [3.8, 4) is 0 Å². The van der Waals surface area contributed by atoms with E-state index in [2.05, 4.69) is 27.7 Å². The van der Waals surface area contributed by atoms with Gasteiger partial charge >= 0.3 is 258 Å². The molecule has 1 aliphatic rings. The first-order valence-corrected chi connectivity index (χ1v) is 25.8. The average Bonchev–Trinajstić information content (AvgIpc) is 2.94. The van der Waals surface area contributed by atoms with Crippen molar-refractivity contribution in [3.63, 3.8) is 0 Å². The standard InChI is InChI=1S/C20H40O3.2C8H17.Sn/c1-4-7-9-11-13-15-17-19(21,20(22,23)6-3)18-16-14-12-10-8-5-2;2*1-3-5-7-8-6-4-2;/h22-23H,3-18H2,1-2H3;2*1,3-8H2,2H3;/q-1;;;+1. The topological polar surface area (TPSA) is 49.7 Å².